The van der Waals surface area contributed by atoms with Crippen LogP contribution in [0.15, 0.2) is 23.4 Å². The lowest BCUT2D eigenvalue weighted by Gasteiger charge is -2.12. The van der Waals surface area contributed by atoms with E-state index in [0.717, 1.165) is 24.4 Å². The van der Waals surface area contributed by atoms with Gasteiger partial charge >= 0.3 is 5.69 Å². The fourth-order valence-corrected chi connectivity index (χ4v) is 5.03. The van der Waals surface area contributed by atoms with E-state index >= 15 is 0 Å². The fraction of sp³-hybridized carbons (Fsp3) is 0.526. The number of aromatic nitrogens is 4. The summed E-state index contributed by atoms with van der Waals surface area (Å²) in [5, 5.41) is 0.152. The van der Waals surface area contributed by atoms with E-state index in [1.165, 1.54) is 25.7 Å². The van der Waals surface area contributed by atoms with Crippen LogP contribution in [-0.2, 0) is 6.54 Å². The first-order chi connectivity index (χ1) is 12.7. The Morgan fingerprint density at radius 2 is 2.12 bits per heavy atom. The molecule has 0 radical (unpaired) electrons. The third kappa shape index (κ3) is 3.51. The molecular formula is C19H23N5OS. The number of nitrogens with zero attached hydrogens (tertiary/aromatic N) is 4. The highest BCUT2D eigenvalue weighted by Crippen LogP contribution is 2.34. The summed E-state index contributed by atoms with van der Waals surface area (Å²) in [6.45, 7) is 0.572. The normalized spacial score (nSPS) is 20.2. The van der Waals surface area contributed by atoms with Crippen molar-refractivity contribution < 1.29 is 0 Å². The van der Waals surface area contributed by atoms with Crippen molar-refractivity contribution in [3.8, 4) is 11.8 Å². The number of thioether (sulfide) groups is 1. The van der Waals surface area contributed by atoms with Crippen molar-refractivity contribution in [2.24, 2.45) is 0 Å². The van der Waals surface area contributed by atoms with Crippen LogP contribution in [0.5, 0.6) is 0 Å². The van der Waals surface area contributed by atoms with Crippen LogP contribution in [0.1, 0.15) is 61.2 Å². The molecule has 136 valence electrons. The first-order valence-electron chi connectivity index (χ1n) is 9.22. The van der Waals surface area contributed by atoms with E-state index < -0.39 is 0 Å². The molecule has 1 atom stereocenters. The Labute approximate surface area is 157 Å². The molecule has 2 aromatic heterocycles. The molecule has 2 aliphatic rings. The lowest BCUT2D eigenvalue weighted by atomic mass is 10.1. The highest BCUT2D eigenvalue weighted by molar-refractivity contribution is 7.99. The van der Waals surface area contributed by atoms with E-state index in [1.54, 1.807) is 22.5 Å². The molecule has 1 saturated heterocycles. The Morgan fingerprint density at radius 1 is 1.27 bits per heavy atom. The highest BCUT2D eigenvalue weighted by Gasteiger charge is 2.21. The maximum absolute atomic E-state index is 12.1. The minimum atomic E-state index is -0.287. The van der Waals surface area contributed by atoms with Gasteiger partial charge in [-0.2, -0.15) is 4.98 Å². The smallest absolute Gasteiger partial charge is 0.350 e. The van der Waals surface area contributed by atoms with Crippen LogP contribution in [0, 0.1) is 11.8 Å². The summed E-state index contributed by atoms with van der Waals surface area (Å²) in [4.78, 5) is 20.6. The molecule has 2 N–H and O–H groups in total. The lowest BCUT2D eigenvalue weighted by Crippen LogP contribution is -2.26. The van der Waals surface area contributed by atoms with E-state index in [4.69, 9.17) is 5.73 Å². The number of imidazole rings is 1. The second-order valence-corrected chi connectivity index (χ2v) is 8.18. The lowest BCUT2D eigenvalue weighted by molar-refractivity contribution is 0.608. The van der Waals surface area contributed by atoms with Gasteiger partial charge in [0.25, 0.3) is 0 Å². The van der Waals surface area contributed by atoms with E-state index in [9.17, 15) is 4.79 Å². The fourth-order valence-electron chi connectivity index (χ4n) is 3.78. The molecule has 2 fully saturated rings. The van der Waals surface area contributed by atoms with Gasteiger partial charge in [0.2, 0.25) is 0 Å². The molecule has 0 spiro atoms. The maximum Gasteiger partial charge on any atom is 0.350 e. The Hall–Kier alpha value is -2.20. The van der Waals surface area contributed by atoms with Crippen LogP contribution in [0.2, 0.25) is 0 Å². The number of nitrogens with two attached hydrogens (primary N) is 1. The second kappa shape index (κ2) is 7.58. The van der Waals surface area contributed by atoms with Crippen LogP contribution in [0.3, 0.4) is 0 Å². The molecule has 6 nitrogen and oxygen atoms in total. The molecule has 26 heavy (non-hydrogen) atoms. The third-order valence-electron chi connectivity index (χ3n) is 5.14. The predicted molar refractivity (Wildman–Crippen MR) is 104 cm³/mol. The molecule has 0 aromatic carbocycles. The van der Waals surface area contributed by atoms with Crippen molar-refractivity contribution in [1.29, 1.82) is 0 Å². The van der Waals surface area contributed by atoms with E-state index in [1.807, 2.05) is 12.4 Å². The minimum absolute atomic E-state index is 0.152. The molecule has 1 saturated carbocycles. The highest BCUT2D eigenvalue weighted by atomic mass is 32.2. The first-order valence-corrected chi connectivity index (χ1v) is 10.3. The van der Waals surface area contributed by atoms with Gasteiger partial charge in [-0.25, -0.2) is 9.78 Å². The summed E-state index contributed by atoms with van der Waals surface area (Å²) in [5.41, 5.74) is 6.26. The van der Waals surface area contributed by atoms with Gasteiger partial charge in [0.15, 0.2) is 0 Å². The van der Waals surface area contributed by atoms with Crippen LogP contribution in [0.25, 0.3) is 0 Å². The van der Waals surface area contributed by atoms with Gasteiger partial charge in [-0.15, -0.1) is 11.8 Å². The summed E-state index contributed by atoms with van der Waals surface area (Å²) in [6.07, 6.45) is 12.7. The molecule has 0 amide bonds. The number of hydrogen-bond donors (Lipinski definition) is 1. The van der Waals surface area contributed by atoms with Crippen LogP contribution >= 0.6 is 11.8 Å². The first kappa shape index (κ1) is 17.2. The molecular weight excluding hydrogens is 346 g/mol. The van der Waals surface area contributed by atoms with Crippen molar-refractivity contribution in [3.63, 3.8) is 0 Å². The van der Waals surface area contributed by atoms with Gasteiger partial charge < -0.3 is 10.3 Å². The van der Waals surface area contributed by atoms with Gasteiger partial charge in [-0.1, -0.05) is 24.7 Å². The molecule has 1 aliphatic heterocycles. The summed E-state index contributed by atoms with van der Waals surface area (Å²) in [7, 11) is 0. The summed E-state index contributed by atoms with van der Waals surface area (Å²) < 4.78 is 3.80. The molecule has 4 rings (SSSR count). The van der Waals surface area contributed by atoms with Gasteiger partial charge in [-0.05, 0) is 31.4 Å². The van der Waals surface area contributed by atoms with Crippen molar-refractivity contribution in [2.75, 3.05) is 11.5 Å². The Morgan fingerprint density at radius 3 is 2.88 bits per heavy atom. The summed E-state index contributed by atoms with van der Waals surface area (Å²) in [6, 6.07) is 0. The Balaban J connectivity index is 1.54. The van der Waals surface area contributed by atoms with Crippen molar-refractivity contribution in [3.05, 3.63) is 40.5 Å². The third-order valence-corrected chi connectivity index (χ3v) is 6.51. The van der Waals surface area contributed by atoms with E-state index in [0.29, 0.717) is 18.0 Å². The van der Waals surface area contributed by atoms with Gasteiger partial charge in [-0.3, -0.25) is 4.57 Å². The molecule has 0 unspecified atom stereocenters. The number of anilines is 1. The predicted octanol–water partition coefficient (Wildman–Crippen LogP) is 2.76. The SMILES string of the molecule is Nc1nc(=O)n([C@H]2CCCS2)cc1C#CCn1ccnc1C1CCCC1. The molecule has 3 heterocycles. The number of hydrogen-bond acceptors (Lipinski definition) is 5. The van der Waals surface area contributed by atoms with E-state index in [-0.39, 0.29) is 16.9 Å². The maximum atomic E-state index is 12.1. The summed E-state index contributed by atoms with van der Waals surface area (Å²) in [5.74, 6) is 9.26. The van der Waals surface area contributed by atoms with Gasteiger partial charge in [0, 0.05) is 24.5 Å². The van der Waals surface area contributed by atoms with Crippen LogP contribution in [0.4, 0.5) is 5.82 Å². The zero-order chi connectivity index (χ0) is 17.9. The van der Waals surface area contributed by atoms with Crippen molar-refractivity contribution in [1.82, 2.24) is 19.1 Å². The zero-order valence-electron chi connectivity index (χ0n) is 14.7. The number of rotatable bonds is 3. The van der Waals surface area contributed by atoms with Crippen LogP contribution < -0.4 is 11.4 Å². The molecule has 7 heteroatoms. The van der Waals surface area contributed by atoms with Gasteiger partial charge in [0.05, 0.1) is 17.5 Å². The van der Waals surface area contributed by atoms with Gasteiger partial charge in [0.1, 0.15) is 11.6 Å². The van der Waals surface area contributed by atoms with Crippen molar-refractivity contribution >= 4 is 17.6 Å². The Bertz CT molecular complexity index is 895. The summed E-state index contributed by atoms with van der Waals surface area (Å²) >= 11 is 1.78. The quantitative estimate of drug-likeness (QED) is 0.842. The number of nitrogen functional groups attached to an aromatic ring is 1. The minimum Gasteiger partial charge on any atom is -0.382 e. The molecule has 2 aromatic rings. The monoisotopic (exact) mass is 369 g/mol. The van der Waals surface area contributed by atoms with E-state index in [2.05, 4.69) is 26.4 Å². The second-order valence-electron chi connectivity index (χ2n) is 6.89. The standard InChI is InChI=1S/C19H23N5OS/c20-17-15(13-24(19(25)22-17)16-8-4-12-26-16)7-3-10-23-11-9-21-18(23)14-5-1-2-6-14/h9,11,13-14,16H,1-2,4-6,8,10,12H2,(H2,20,22,25)/t16-/m1/s1. The van der Waals surface area contributed by atoms with Crippen molar-refractivity contribution in [2.45, 2.75) is 56.4 Å². The largest absolute Gasteiger partial charge is 0.382 e. The average molecular weight is 369 g/mol. The molecule has 1 aliphatic carbocycles. The molecule has 0 bridgehead atoms. The topological polar surface area (TPSA) is 78.7 Å². The Kier molecular flexibility index (Phi) is 5.02. The van der Waals surface area contributed by atoms with Crippen LogP contribution in [-0.4, -0.2) is 24.9 Å². The average Bonchev–Trinajstić information content (AvgIpc) is 3.39. The zero-order valence-corrected chi connectivity index (χ0v) is 15.5.